The van der Waals surface area contributed by atoms with E-state index in [1.54, 1.807) is 0 Å². The van der Waals surface area contributed by atoms with Gasteiger partial charge in [0.05, 0.1) is 0 Å². The smallest absolute Gasteiger partial charge is 0.191 e. The van der Waals surface area contributed by atoms with Crippen LogP contribution < -0.4 is 0 Å². The van der Waals surface area contributed by atoms with Crippen LogP contribution in [0.5, 0.6) is 0 Å². The summed E-state index contributed by atoms with van der Waals surface area (Å²) >= 11 is -1.32. The molecule has 7 heteroatoms. The Hall–Kier alpha value is -0.0700. The molecule has 0 nitrogen and oxygen atoms in total. The van der Waals surface area contributed by atoms with Crippen molar-refractivity contribution in [2.45, 2.75) is 16.4 Å². The van der Waals surface area contributed by atoms with Gasteiger partial charge in [0, 0.05) is 0 Å². The van der Waals surface area contributed by atoms with Gasteiger partial charge in [-0.15, -0.1) is 0 Å². The molecule has 1 aliphatic rings. The fraction of sp³-hybridized carbons (Fsp3) is 1.00. The molecule has 0 radical (unpaired) electrons. The number of alkyl halides is 6. The molecular formula is C3F6S. The van der Waals surface area contributed by atoms with E-state index in [0.717, 1.165) is 0 Å². The summed E-state index contributed by atoms with van der Waals surface area (Å²) in [7, 11) is 0. The summed E-state index contributed by atoms with van der Waals surface area (Å²) in [5, 5.41) is -9.23. The highest BCUT2D eigenvalue weighted by Gasteiger charge is 2.85. The lowest BCUT2D eigenvalue weighted by atomic mass is 10.3. The van der Waals surface area contributed by atoms with E-state index in [1.165, 1.54) is 0 Å². The molecular weight excluding hydrogens is 182 g/mol. The molecule has 10 heavy (non-hydrogen) atoms. The van der Waals surface area contributed by atoms with Gasteiger partial charge in [0.1, 0.15) is 0 Å². The van der Waals surface area contributed by atoms with Crippen molar-refractivity contribution in [2.75, 3.05) is 0 Å². The minimum atomic E-state index is -5.19. The molecule has 1 aliphatic heterocycles. The van der Waals surface area contributed by atoms with Crippen LogP contribution in [0.1, 0.15) is 0 Å². The fourth-order valence-corrected chi connectivity index (χ4v) is 1.09. The Kier molecular flexibility index (Phi) is 1.26. The van der Waals surface area contributed by atoms with E-state index < -0.39 is 28.2 Å². The van der Waals surface area contributed by atoms with Crippen molar-refractivity contribution in [3.63, 3.8) is 0 Å². The lowest BCUT2D eigenvalue weighted by Gasteiger charge is -2.41. The summed E-state index contributed by atoms with van der Waals surface area (Å²) in [6.07, 6.45) is 0. The average molecular weight is 182 g/mol. The monoisotopic (exact) mass is 182 g/mol. The standard InChI is InChI=1S/C3F6S/c4-1(5)2(6,7)10-3(1,8)9. The summed E-state index contributed by atoms with van der Waals surface area (Å²) in [4.78, 5) is 0. The van der Waals surface area contributed by atoms with Gasteiger partial charge in [-0.1, -0.05) is 0 Å². The predicted octanol–water partition coefficient (Wildman–Crippen LogP) is 2.55. The van der Waals surface area contributed by atoms with E-state index >= 15 is 0 Å². The molecule has 0 saturated carbocycles. The molecule has 0 aromatic heterocycles. The van der Waals surface area contributed by atoms with Gasteiger partial charge in [0.2, 0.25) is 0 Å². The Labute approximate surface area is 55.6 Å². The van der Waals surface area contributed by atoms with Gasteiger partial charge in [-0.2, -0.15) is 26.3 Å². The Morgan fingerprint density at radius 1 is 0.700 bits per heavy atom. The minimum Gasteiger partial charge on any atom is -0.191 e. The molecule has 0 amide bonds. The summed E-state index contributed by atoms with van der Waals surface area (Å²) in [6, 6.07) is 0. The molecule has 0 spiro atoms. The SMILES string of the molecule is FC1(F)SC(F)(F)C1(F)F. The van der Waals surface area contributed by atoms with Crippen LogP contribution in [0, 0.1) is 0 Å². The van der Waals surface area contributed by atoms with Crippen molar-refractivity contribution in [1.82, 2.24) is 0 Å². The fourth-order valence-electron chi connectivity index (χ4n) is 0.412. The molecule has 0 aromatic rings. The first-order chi connectivity index (χ1) is 4.21. The first kappa shape index (κ1) is 8.03. The van der Waals surface area contributed by atoms with Crippen LogP contribution >= 0.6 is 11.8 Å². The first-order valence-electron chi connectivity index (χ1n) is 2.04. The molecule has 60 valence electrons. The Morgan fingerprint density at radius 2 is 1.00 bits per heavy atom. The topological polar surface area (TPSA) is 0 Å². The second kappa shape index (κ2) is 1.57. The lowest BCUT2D eigenvalue weighted by molar-refractivity contribution is -0.268. The number of halogens is 6. The van der Waals surface area contributed by atoms with Crippen LogP contribution in [0.2, 0.25) is 0 Å². The van der Waals surface area contributed by atoms with Gasteiger partial charge >= 0.3 is 16.4 Å². The summed E-state index contributed by atoms with van der Waals surface area (Å²) in [5.41, 5.74) is 0. The van der Waals surface area contributed by atoms with Crippen molar-refractivity contribution in [3.8, 4) is 0 Å². The van der Waals surface area contributed by atoms with E-state index in [-0.39, 0.29) is 0 Å². The van der Waals surface area contributed by atoms with Crippen molar-refractivity contribution >= 4 is 11.8 Å². The zero-order valence-electron chi connectivity index (χ0n) is 4.18. The van der Waals surface area contributed by atoms with E-state index in [2.05, 4.69) is 0 Å². The summed E-state index contributed by atoms with van der Waals surface area (Å²) in [6.45, 7) is 0. The van der Waals surface area contributed by atoms with E-state index in [1.807, 2.05) is 0 Å². The lowest BCUT2D eigenvalue weighted by Crippen LogP contribution is -2.62. The maximum Gasteiger partial charge on any atom is 0.391 e. The largest absolute Gasteiger partial charge is 0.391 e. The average Bonchev–Trinajstić information content (AvgIpc) is 1.61. The maximum atomic E-state index is 11.6. The summed E-state index contributed by atoms with van der Waals surface area (Å²) in [5.74, 6) is -5.19. The molecule has 1 saturated heterocycles. The zero-order chi connectivity index (χ0) is 8.21. The number of hydrogen-bond acceptors (Lipinski definition) is 1. The van der Waals surface area contributed by atoms with Crippen LogP contribution in [0.4, 0.5) is 26.3 Å². The van der Waals surface area contributed by atoms with Crippen molar-refractivity contribution in [1.29, 1.82) is 0 Å². The molecule has 1 heterocycles. The van der Waals surface area contributed by atoms with E-state index in [4.69, 9.17) is 0 Å². The highest BCUT2D eigenvalue weighted by Crippen LogP contribution is 2.68. The van der Waals surface area contributed by atoms with E-state index in [9.17, 15) is 26.3 Å². The van der Waals surface area contributed by atoms with Crippen molar-refractivity contribution < 1.29 is 26.3 Å². The molecule has 0 unspecified atom stereocenters. The van der Waals surface area contributed by atoms with Crippen molar-refractivity contribution in [2.24, 2.45) is 0 Å². The van der Waals surface area contributed by atoms with Gasteiger partial charge in [-0.3, -0.25) is 0 Å². The highest BCUT2D eigenvalue weighted by atomic mass is 32.2. The first-order valence-corrected chi connectivity index (χ1v) is 2.86. The maximum absolute atomic E-state index is 11.6. The highest BCUT2D eigenvalue weighted by molar-refractivity contribution is 8.03. The predicted molar refractivity (Wildman–Crippen MR) is 22.4 cm³/mol. The third kappa shape index (κ3) is 0.665. The Morgan fingerprint density at radius 3 is 1.00 bits per heavy atom. The number of rotatable bonds is 0. The van der Waals surface area contributed by atoms with Gasteiger partial charge in [-0.05, 0) is 11.8 Å². The van der Waals surface area contributed by atoms with Crippen LogP contribution in [0.15, 0.2) is 0 Å². The normalized spacial score (nSPS) is 33.0. The third-order valence-electron chi connectivity index (χ3n) is 0.987. The van der Waals surface area contributed by atoms with Gasteiger partial charge in [0.25, 0.3) is 0 Å². The molecule has 0 aromatic carbocycles. The van der Waals surface area contributed by atoms with Gasteiger partial charge in [0.15, 0.2) is 0 Å². The number of hydrogen-bond donors (Lipinski definition) is 0. The minimum absolute atomic E-state index is 1.32. The molecule has 0 aliphatic carbocycles. The Balaban J connectivity index is 2.85. The molecule has 0 atom stereocenters. The summed E-state index contributed by atoms with van der Waals surface area (Å²) < 4.78 is 69.3. The van der Waals surface area contributed by atoms with Gasteiger partial charge in [-0.25, -0.2) is 0 Å². The second-order valence-electron chi connectivity index (χ2n) is 1.71. The second-order valence-corrected chi connectivity index (χ2v) is 2.94. The third-order valence-corrected chi connectivity index (χ3v) is 2.01. The van der Waals surface area contributed by atoms with Gasteiger partial charge < -0.3 is 0 Å². The van der Waals surface area contributed by atoms with Crippen LogP contribution in [-0.4, -0.2) is 16.4 Å². The quantitative estimate of drug-likeness (QED) is 0.519. The van der Waals surface area contributed by atoms with Crippen LogP contribution in [0.3, 0.4) is 0 Å². The van der Waals surface area contributed by atoms with Crippen LogP contribution in [-0.2, 0) is 0 Å². The molecule has 0 bridgehead atoms. The van der Waals surface area contributed by atoms with E-state index in [0.29, 0.717) is 0 Å². The molecule has 1 fully saturated rings. The number of thioether (sulfide) groups is 1. The Bertz CT molecular complexity index is 146. The molecule has 0 N–H and O–H groups in total. The zero-order valence-corrected chi connectivity index (χ0v) is 4.99. The van der Waals surface area contributed by atoms with Crippen molar-refractivity contribution in [3.05, 3.63) is 0 Å². The van der Waals surface area contributed by atoms with Crippen LogP contribution in [0.25, 0.3) is 0 Å². The molecule has 1 rings (SSSR count).